The van der Waals surface area contributed by atoms with Gasteiger partial charge in [-0.2, -0.15) is 10.2 Å². The van der Waals surface area contributed by atoms with E-state index in [4.69, 9.17) is 24.4 Å². The molecule has 0 heterocycles. The number of likely N-dealkylation sites (N-methyl/N-ethyl adjacent to an activating group) is 1. The van der Waals surface area contributed by atoms with Crippen LogP contribution in [0.4, 0.5) is 0 Å². The molecule has 1 rings (SSSR count). The van der Waals surface area contributed by atoms with E-state index in [1.165, 1.54) is 5.56 Å². The molecule has 1 aromatic carbocycles. The quantitative estimate of drug-likeness (QED) is 0.313. The van der Waals surface area contributed by atoms with Crippen molar-refractivity contribution in [2.45, 2.75) is 13.3 Å². The highest BCUT2D eigenvalue weighted by molar-refractivity contribution is 7.80. The van der Waals surface area contributed by atoms with Gasteiger partial charge in [0.2, 0.25) is 0 Å². The number of hydrazone groups is 2. The molecule has 0 atom stereocenters. The van der Waals surface area contributed by atoms with Gasteiger partial charge in [-0.05, 0) is 57.4 Å². The van der Waals surface area contributed by atoms with Gasteiger partial charge in [-0.15, -0.1) is 0 Å². The van der Waals surface area contributed by atoms with E-state index in [0.29, 0.717) is 21.6 Å². The van der Waals surface area contributed by atoms with Gasteiger partial charge in [-0.1, -0.05) is 24.3 Å². The molecule has 0 aromatic heterocycles. The second-order valence-electron chi connectivity index (χ2n) is 5.79. The monoisotopic (exact) mass is 393 g/mol. The Balaban J connectivity index is 3.03. The number of benzene rings is 1. The van der Waals surface area contributed by atoms with Gasteiger partial charge < -0.3 is 15.5 Å². The van der Waals surface area contributed by atoms with E-state index in [9.17, 15) is 0 Å². The van der Waals surface area contributed by atoms with Crippen molar-refractivity contribution in [2.75, 3.05) is 34.7 Å². The highest BCUT2D eigenvalue weighted by atomic mass is 32.1. The van der Waals surface area contributed by atoms with Crippen LogP contribution in [0.5, 0.6) is 0 Å². The lowest BCUT2D eigenvalue weighted by Gasteiger charge is -2.11. The molecule has 0 saturated heterocycles. The van der Waals surface area contributed by atoms with Gasteiger partial charge >= 0.3 is 0 Å². The molecule has 26 heavy (non-hydrogen) atoms. The molecule has 0 aliphatic heterocycles. The first-order chi connectivity index (χ1) is 12.4. The Morgan fingerprint density at radius 2 is 1.50 bits per heavy atom. The van der Waals surface area contributed by atoms with Crippen LogP contribution in [0, 0.1) is 0 Å². The van der Waals surface area contributed by atoms with Gasteiger partial charge in [0.1, 0.15) is 5.71 Å². The minimum Gasteiger partial charge on any atom is -0.364 e. The molecular formula is C17H27N7S2. The third kappa shape index (κ3) is 7.85. The maximum Gasteiger partial charge on any atom is 0.186 e. The van der Waals surface area contributed by atoms with Crippen molar-refractivity contribution in [3.05, 3.63) is 35.4 Å². The zero-order chi connectivity index (χ0) is 19.5. The van der Waals surface area contributed by atoms with Crippen molar-refractivity contribution in [1.29, 1.82) is 0 Å². The Morgan fingerprint density at radius 1 is 0.962 bits per heavy atom. The second kappa shape index (κ2) is 11.5. The van der Waals surface area contributed by atoms with Gasteiger partial charge in [0.05, 0.1) is 5.71 Å². The Labute approximate surface area is 166 Å². The summed E-state index contributed by atoms with van der Waals surface area (Å²) >= 11 is 10.1. The predicted molar refractivity (Wildman–Crippen MR) is 118 cm³/mol. The molecule has 0 aliphatic carbocycles. The van der Waals surface area contributed by atoms with Gasteiger partial charge in [-0.3, -0.25) is 10.9 Å². The van der Waals surface area contributed by atoms with Crippen LogP contribution in [0.25, 0.3) is 0 Å². The smallest absolute Gasteiger partial charge is 0.186 e. The number of hydrogen-bond acceptors (Lipinski definition) is 5. The average molecular weight is 394 g/mol. The van der Waals surface area contributed by atoms with Crippen LogP contribution >= 0.6 is 24.4 Å². The van der Waals surface area contributed by atoms with Crippen LogP contribution < -0.4 is 21.5 Å². The van der Waals surface area contributed by atoms with Crippen LogP contribution in [0.1, 0.15) is 18.1 Å². The van der Waals surface area contributed by atoms with Crippen LogP contribution in [-0.2, 0) is 6.42 Å². The van der Waals surface area contributed by atoms with Crippen molar-refractivity contribution in [2.24, 2.45) is 10.2 Å². The summed E-state index contributed by atoms with van der Waals surface area (Å²) in [4.78, 5) is 2.16. The predicted octanol–water partition coefficient (Wildman–Crippen LogP) is 1.06. The maximum atomic E-state index is 5.09. The largest absolute Gasteiger partial charge is 0.364 e. The fourth-order valence-electron chi connectivity index (χ4n) is 1.94. The SMILES string of the molecule is CNC(=S)NN=C(C)C(=NNC(=S)NC)c1ccc(CCN(C)C)cc1. The molecule has 7 nitrogen and oxygen atoms in total. The molecule has 0 fully saturated rings. The lowest BCUT2D eigenvalue weighted by Crippen LogP contribution is -2.32. The third-order valence-electron chi connectivity index (χ3n) is 3.47. The number of rotatable bonds is 7. The molecule has 142 valence electrons. The van der Waals surface area contributed by atoms with Gasteiger partial charge in [-0.25, -0.2) is 0 Å². The normalized spacial score (nSPS) is 11.9. The third-order valence-corrected chi connectivity index (χ3v) is 4.06. The van der Waals surface area contributed by atoms with Crippen LogP contribution in [0.3, 0.4) is 0 Å². The molecule has 0 saturated carbocycles. The van der Waals surface area contributed by atoms with Crippen molar-refractivity contribution >= 4 is 46.1 Å². The average Bonchev–Trinajstić information content (AvgIpc) is 2.64. The molecule has 0 spiro atoms. The van der Waals surface area contributed by atoms with E-state index in [0.717, 1.165) is 18.5 Å². The van der Waals surface area contributed by atoms with E-state index in [1.54, 1.807) is 14.1 Å². The highest BCUT2D eigenvalue weighted by Gasteiger charge is 2.09. The van der Waals surface area contributed by atoms with E-state index in [-0.39, 0.29) is 0 Å². The van der Waals surface area contributed by atoms with E-state index >= 15 is 0 Å². The highest BCUT2D eigenvalue weighted by Crippen LogP contribution is 2.08. The summed E-state index contributed by atoms with van der Waals surface area (Å²) in [6.07, 6.45) is 0.993. The summed E-state index contributed by atoms with van der Waals surface area (Å²) < 4.78 is 0. The Morgan fingerprint density at radius 3 is 2.00 bits per heavy atom. The fourth-order valence-corrected chi connectivity index (χ4v) is 2.03. The van der Waals surface area contributed by atoms with Crippen LogP contribution in [0.15, 0.2) is 34.5 Å². The summed E-state index contributed by atoms with van der Waals surface area (Å²) in [5, 5.41) is 15.2. The summed E-state index contributed by atoms with van der Waals surface area (Å²) in [6.45, 7) is 2.86. The van der Waals surface area contributed by atoms with Crippen molar-refractivity contribution in [3.8, 4) is 0 Å². The summed E-state index contributed by atoms with van der Waals surface area (Å²) in [5.41, 5.74) is 9.14. The Kier molecular flexibility index (Phi) is 9.71. The molecule has 4 N–H and O–H groups in total. The Hall–Kier alpha value is -2.10. The topological polar surface area (TPSA) is 76.1 Å². The van der Waals surface area contributed by atoms with Gasteiger partial charge in [0.25, 0.3) is 0 Å². The first-order valence-corrected chi connectivity index (χ1v) is 9.00. The fraction of sp³-hybridized carbons (Fsp3) is 0.412. The minimum atomic E-state index is 0.427. The molecule has 0 aliphatic rings. The number of nitrogens with zero attached hydrogens (tertiary/aromatic N) is 3. The van der Waals surface area contributed by atoms with Crippen molar-refractivity contribution < 1.29 is 0 Å². The molecule has 0 amide bonds. The van der Waals surface area contributed by atoms with Crippen molar-refractivity contribution in [3.63, 3.8) is 0 Å². The molecule has 1 aromatic rings. The maximum absolute atomic E-state index is 5.09. The summed E-state index contributed by atoms with van der Waals surface area (Å²) in [6, 6.07) is 8.26. The van der Waals surface area contributed by atoms with Crippen molar-refractivity contribution in [1.82, 2.24) is 26.4 Å². The van der Waals surface area contributed by atoms with E-state index in [1.807, 2.05) is 19.1 Å². The zero-order valence-corrected chi connectivity index (χ0v) is 17.5. The zero-order valence-electron chi connectivity index (χ0n) is 15.9. The summed E-state index contributed by atoms with van der Waals surface area (Å²) in [5.74, 6) is 0. The molecule has 0 bridgehead atoms. The molecule has 9 heteroatoms. The lowest BCUT2D eigenvalue weighted by atomic mass is 10.0. The first kappa shape index (κ1) is 21.9. The van der Waals surface area contributed by atoms with Crippen LogP contribution in [0.2, 0.25) is 0 Å². The molecule has 0 unspecified atom stereocenters. The number of thiocarbonyl (C=S) groups is 2. The molecule has 0 radical (unpaired) electrons. The molecular weight excluding hydrogens is 366 g/mol. The summed E-state index contributed by atoms with van der Waals surface area (Å²) in [7, 11) is 7.60. The van der Waals surface area contributed by atoms with E-state index < -0.39 is 0 Å². The van der Waals surface area contributed by atoms with E-state index in [2.05, 4.69) is 62.8 Å². The van der Waals surface area contributed by atoms with Crippen LogP contribution in [-0.4, -0.2) is 61.3 Å². The number of nitrogens with one attached hydrogen (secondary N) is 4. The lowest BCUT2D eigenvalue weighted by molar-refractivity contribution is 0.413. The second-order valence-corrected chi connectivity index (χ2v) is 6.61. The number of hydrogen-bond donors (Lipinski definition) is 4. The minimum absolute atomic E-state index is 0.427. The first-order valence-electron chi connectivity index (χ1n) is 8.19. The van der Waals surface area contributed by atoms with Gasteiger partial charge in [0.15, 0.2) is 10.2 Å². The Bertz CT molecular complexity index is 666. The standard InChI is InChI=1S/C17H27N7S2/c1-12(20-22-16(25)18-2)15(21-23-17(26)19-3)14-8-6-13(7-9-14)10-11-24(4)5/h6-9H,10-11H2,1-5H3,(H2,18,22,25)(H2,19,23,26). The van der Waals surface area contributed by atoms with Gasteiger partial charge in [0, 0.05) is 26.2 Å².